The van der Waals surface area contributed by atoms with Gasteiger partial charge >= 0.3 is 0 Å². The number of carbonyl (C=O) groups is 2. The number of para-hydroxylation sites is 1. The number of benzene rings is 2. The van der Waals surface area contributed by atoms with Crippen molar-refractivity contribution in [1.82, 2.24) is 9.47 Å². The number of amides is 1. The van der Waals surface area contributed by atoms with E-state index in [0.29, 0.717) is 45.0 Å². The van der Waals surface area contributed by atoms with Gasteiger partial charge in [-0.25, -0.2) is 0 Å². The van der Waals surface area contributed by atoms with Gasteiger partial charge in [0, 0.05) is 30.1 Å². The van der Waals surface area contributed by atoms with Crippen LogP contribution in [0.25, 0.3) is 15.9 Å². The van der Waals surface area contributed by atoms with Gasteiger partial charge in [0.25, 0.3) is 11.5 Å². The minimum absolute atomic E-state index is 0.134. The smallest absolute Gasteiger partial charge is 0.264 e. The number of pyridine rings is 1. The molecule has 0 radical (unpaired) electrons. The number of carbonyl (C=O) groups excluding carboxylic acids is 2. The average molecular weight is 429 g/mol. The summed E-state index contributed by atoms with van der Waals surface area (Å²) >= 11 is 1.23. The molecule has 1 amide bonds. The molecule has 0 aliphatic carbocycles. The molecule has 0 unspecified atom stereocenters. The fourth-order valence-corrected chi connectivity index (χ4v) is 5.36. The lowest BCUT2D eigenvalue weighted by Crippen LogP contribution is -2.28. The second kappa shape index (κ2) is 7.96. The van der Waals surface area contributed by atoms with Gasteiger partial charge in [-0.05, 0) is 31.0 Å². The molecule has 0 N–H and O–H groups in total. The van der Waals surface area contributed by atoms with Gasteiger partial charge in [-0.1, -0.05) is 48.5 Å². The zero-order valence-electron chi connectivity index (χ0n) is 16.8. The molecule has 1 aliphatic rings. The highest BCUT2D eigenvalue weighted by molar-refractivity contribution is 7.21. The van der Waals surface area contributed by atoms with E-state index in [1.165, 1.54) is 17.4 Å². The van der Waals surface area contributed by atoms with Crippen LogP contribution < -0.4 is 5.56 Å². The van der Waals surface area contributed by atoms with Crippen molar-refractivity contribution in [1.29, 1.82) is 0 Å². The van der Waals surface area contributed by atoms with E-state index in [0.717, 1.165) is 12.8 Å². The number of fused-ring (bicyclic) bond motifs is 1. The number of thiophene rings is 1. The summed E-state index contributed by atoms with van der Waals surface area (Å²) in [5.74, 6) is -0.335. The molecule has 0 saturated carbocycles. The predicted octanol–water partition coefficient (Wildman–Crippen LogP) is 4.52. The Hall–Kier alpha value is -3.51. The van der Waals surface area contributed by atoms with E-state index in [-0.39, 0.29) is 17.2 Å². The van der Waals surface area contributed by atoms with E-state index in [1.807, 2.05) is 48.5 Å². The molecule has 6 heteroatoms. The molecule has 31 heavy (non-hydrogen) atoms. The number of hydrogen-bond donors (Lipinski definition) is 0. The van der Waals surface area contributed by atoms with Crippen LogP contribution in [-0.4, -0.2) is 34.2 Å². The number of aromatic nitrogens is 1. The van der Waals surface area contributed by atoms with Gasteiger partial charge in [-0.15, -0.1) is 11.3 Å². The van der Waals surface area contributed by atoms with E-state index in [4.69, 9.17) is 0 Å². The normalized spacial score (nSPS) is 13.6. The van der Waals surface area contributed by atoms with Gasteiger partial charge in [-0.2, -0.15) is 0 Å². The number of nitrogens with zero attached hydrogens (tertiary/aromatic N) is 2. The van der Waals surface area contributed by atoms with Crippen LogP contribution in [0.3, 0.4) is 0 Å². The molecule has 2 aromatic heterocycles. The summed E-state index contributed by atoms with van der Waals surface area (Å²) in [6, 6.07) is 21.4. The zero-order valence-corrected chi connectivity index (χ0v) is 17.6. The maximum absolute atomic E-state index is 13.5. The molecule has 3 heterocycles. The van der Waals surface area contributed by atoms with Gasteiger partial charge in [0.2, 0.25) is 0 Å². The summed E-state index contributed by atoms with van der Waals surface area (Å²) in [4.78, 5) is 42.6. The summed E-state index contributed by atoms with van der Waals surface area (Å²) in [5, 5.41) is 0.629. The summed E-state index contributed by atoms with van der Waals surface area (Å²) < 4.78 is 1.59. The molecule has 154 valence electrons. The summed E-state index contributed by atoms with van der Waals surface area (Å²) in [5.41, 5.74) is 1.42. The van der Waals surface area contributed by atoms with Crippen molar-refractivity contribution in [3.8, 4) is 5.69 Å². The van der Waals surface area contributed by atoms with Gasteiger partial charge < -0.3 is 4.90 Å². The third kappa shape index (κ3) is 3.39. The van der Waals surface area contributed by atoms with Crippen LogP contribution in [0.1, 0.15) is 38.4 Å². The van der Waals surface area contributed by atoms with Crippen LogP contribution >= 0.6 is 11.3 Å². The van der Waals surface area contributed by atoms with Gasteiger partial charge in [-0.3, -0.25) is 19.0 Å². The average Bonchev–Trinajstić information content (AvgIpc) is 3.47. The van der Waals surface area contributed by atoms with Crippen LogP contribution in [0.2, 0.25) is 0 Å². The van der Waals surface area contributed by atoms with Gasteiger partial charge in [0.1, 0.15) is 9.71 Å². The minimum Gasteiger partial charge on any atom is -0.338 e. The Labute approximate surface area is 183 Å². The molecule has 0 atom stereocenters. The van der Waals surface area contributed by atoms with Crippen molar-refractivity contribution < 1.29 is 9.59 Å². The highest BCUT2D eigenvalue weighted by atomic mass is 32.1. The number of rotatable bonds is 4. The van der Waals surface area contributed by atoms with E-state index < -0.39 is 0 Å². The number of hydrogen-bond acceptors (Lipinski definition) is 4. The maximum Gasteiger partial charge on any atom is 0.264 e. The predicted molar refractivity (Wildman–Crippen MR) is 122 cm³/mol. The van der Waals surface area contributed by atoms with Crippen molar-refractivity contribution in [3.05, 3.63) is 99.2 Å². The lowest BCUT2D eigenvalue weighted by molar-refractivity contribution is 0.0793. The van der Waals surface area contributed by atoms with E-state index in [2.05, 4.69) is 0 Å². The van der Waals surface area contributed by atoms with Crippen LogP contribution in [0.15, 0.2) is 77.6 Å². The Kier molecular flexibility index (Phi) is 5.00. The van der Waals surface area contributed by atoms with Gasteiger partial charge in [0.15, 0.2) is 5.78 Å². The first-order valence-corrected chi connectivity index (χ1v) is 11.1. The Bertz CT molecular complexity index is 1330. The topological polar surface area (TPSA) is 59.4 Å². The minimum atomic E-state index is -0.201. The van der Waals surface area contributed by atoms with Crippen molar-refractivity contribution in [3.63, 3.8) is 0 Å². The largest absolute Gasteiger partial charge is 0.338 e. The Balaban J connectivity index is 1.79. The second-order valence-electron chi connectivity index (χ2n) is 7.56. The summed E-state index contributed by atoms with van der Waals surface area (Å²) in [6.45, 7) is 1.38. The highest BCUT2D eigenvalue weighted by Gasteiger charge is 2.30. The van der Waals surface area contributed by atoms with Gasteiger partial charge in [0.05, 0.1) is 11.3 Å². The maximum atomic E-state index is 13.5. The SMILES string of the molecule is O=C(c1ccccc1)c1c(C(=O)N2CCCC2)sc2c1ccc(=O)n2-c1ccccc1. The molecule has 5 nitrogen and oxygen atoms in total. The summed E-state index contributed by atoms with van der Waals surface area (Å²) in [7, 11) is 0. The first kappa shape index (κ1) is 19.5. The zero-order chi connectivity index (χ0) is 21.4. The van der Waals surface area contributed by atoms with Crippen LogP contribution in [0.4, 0.5) is 0 Å². The lowest BCUT2D eigenvalue weighted by Gasteiger charge is -2.15. The molecule has 0 spiro atoms. The Morgan fingerprint density at radius 1 is 0.806 bits per heavy atom. The molecule has 2 aromatic carbocycles. The monoisotopic (exact) mass is 428 g/mol. The molecular weight excluding hydrogens is 408 g/mol. The van der Waals surface area contributed by atoms with Crippen LogP contribution in [0.5, 0.6) is 0 Å². The van der Waals surface area contributed by atoms with Crippen molar-refractivity contribution >= 4 is 33.2 Å². The third-order valence-electron chi connectivity index (χ3n) is 5.61. The first-order valence-electron chi connectivity index (χ1n) is 10.3. The molecule has 1 fully saturated rings. The van der Waals surface area contributed by atoms with Crippen LogP contribution in [0, 0.1) is 0 Å². The Morgan fingerprint density at radius 3 is 2.13 bits per heavy atom. The molecule has 0 bridgehead atoms. The fraction of sp³-hybridized carbons (Fsp3) is 0.160. The van der Waals surface area contributed by atoms with E-state index >= 15 is 0 Å². The Morgan fingerprint density at radius 2 is 1.45 bits per heavy atom. The van der Waals surface area contributed by atoms with E-state index in [9.17, 15) is 14.4 Å². The molecule has 1 saturated heterocycles. The standard InChI is InChI=1S/C25H20N2O3S/c28-20-14-13-19-21(22(29)17-9-3-1-4-10-17)23(24(30)26-15-7-8-16-26)31-25(19)27(20)18-11-5-2-6-12-18/h1-6,9-14H,7-8,15-16H2. The molecule has 4 aromatic rings. The highest BCUT2D eigenvalue weighted by Crippen LogP contribution is 2.35. The first-order chi connectivity index (χ1) is 15.1. The van der Waals surface area contributed by atoms with E-state index in [1.54, 1.807) is 27.7 Å². The number of ketones is 1. The second-order valence-corrected chi connectivity index (χ2v) is 8.56. The molecular formula is C25H20N2O3S. The molecule has 1 aliphatic heterocycles. The number of likely N-dealkylation sites (tertiary alicyclic amines) is 1. The lowest BCUT2D eigenvalue weighted by atomic mass is 10.0. The third-order valence-corrected chi connectivity index (χ3v) is 6.79. The van der Waals surface area contributed by atoms with Crippen LogP contribution in [-0.2, 0) is 0 Å². The van der Waals surface area contributed by atoms with Crippen molar-refractivity contribution in [2.45, 2.75) is 12.8 Å². The van der Waals surface area contributed by atoms with Crippen molar-refractivity contribution in [2.24, 2.45) is 0 Å². The summed E-state index contributed by atoms with van der Waals surface area (Å²) in [6.07, 6.45) is 1.93. The van der Waals surface area contributed by atoms with Crippen molar-refractivity contribution in [2.75, 3.05) is 13.1 Å². The quantitative estimate of drug-likeness (QED) is 0.449. The molecule has 5 rings (SSSR count). The fourth-order valence-electron chi connectivity index (χ4n) is 4.08.